The SMILES string of the molecule is CON=C1C[C@@H](C(=O)NCCc2ccccc2)N(C(=O)c2ccc(-c3ccccc3)c(C)c2)C1. The van der Waals surface area contributed by atoms with E-state index in [0.717, 1.165) is 28.7 Å². The monoisotopic (exact) mass is 455 g/mol. The molecule has 6 heteroatoms. The molecule has 0 spiro atoms. The van der Waals surface area contributed by atoms with Gasteiger partial charge in [0, 0.05) is 18.5 Å². The molecule has 1 saturated heterocycles. The van der Waals surface area contributed by atoms with Crippen LogP contribution in [0.5, 0.6) is 0 Å². The van der Waals surface area contributed by atoms with E-state index in [4.69, 9.17) is 4.84 Å². The summed E-state index contributed by atoms with van der Waals surface area (Å²) in [6, 6.07) is 25.1. The van der Waals surface area contributed by atoms with E-state index in [1.54, 1.807) is 4.90 Å². The van der Waals surface area contributed by atoms with Crippen LogP contribution >= 0.6 is 0 Å². The lowest BCUT2D eigenvalue weighted by Crippen LogP contribution is -2.46. The number of amides is 2. The molecule has 1 N–H and O–H groups in total. The Morgan fingerprint density at radius 2 is 1.74 bits per heavy atom. The van der Waals surface area contributed by atoms with Crippen LogP contribution in [0.4, 0.5) is 0 Å². The summed E-state index contributed by atoms with van der Waals surface area (Å²) in [5, 5.41) is 7.01. The van der Waals surface area contributed by atoms with Crippen LogP contribution < -0.4 is 5.32 Å². The Morgan fingerprint density at radius 1 is 1.03 bits per heavy atom. The molecule has 1 heterocycles. The lowest BCUT2D eigenvalue weighted by molar-refractivity contribution is -0.124. The van der Waals surface area contributed by atoms with E-state index in [1.807, 2.05) is 85.8 Å². The number of carbonyl (C=O) groups is 2. The van der Waals surface area contributed by atoms with Gasteiger partial charge < -0.3 is 15.1 Å². The Kier molecular flexibility index (Phi) is 7.38. The molecule has 1 aliphatic heterocycles. The highest BCUT2D eigenvalue weighted by molar-refractivity contribution is 6.05. The van der Waals surface area contributed by atoms with Crippen molar-refractivity contribution >= 4 is 17.5 Å². The van der Waals surface area contributed by atoms with Gasteiger partial charge in [-0.05, 0) is 47.7 Å². The van der Waals surface area contributed by atoms with Crippen molar-refractivity contribution in [3.8, 4) is 11.1 Å². The van der Waals surface area contributed by atoms with Crippen molar-refractivity contribution in [2.24, 2.45) is 5.16 Å². The Hall–Kier alpha value is -3.93. The van der Waals surface area contributed by atoms with Crippen LogP contribution in [0.3, 0.4) is 0 Å². The molecule has 6 nitrogen and oxygen atoms in total. The van der Waals surface area contributed by atoms with Gasteiger partial charge in [0.05, 0.1) is 12.3 Å². The second-order valence-corrected chi connectivity index (χ2v) is 8.42. The second kappa shape index (κ2) is 10.8. The summed E-state index contributed by atoms with van der Waals surface area (Å²) in [5.41, 5.74) is 5.57. The van der Waals surface area contributed by atoms with Gasteiger partial charge in [-0.25, -0.2) is 0 Å². The van der Waals surface area contributed by atoms with E-state index in [2.05, 4.69) is 10.5 Å². The van der Waals surface area contributed by atoms with E-state index in [0.29, 0.717) is 24.2 Å². The number of nitrogens with one attached hydrogen (secondary N) is 1. The first-order valence-corrected chi connectivity index (χ1v) is 11.4. The highest BCUT2D eigenvalue weighted by Crippen LogP contribution is 2.26. The third kappa shape index (κ3) is 5.34. The fourth-order valence-electron chi connectivity index (χ4n) is 4.34. The Balaban J connectivity index is 1.49. The van der Waals surface area contributed by atoms with Gasteiger partial charge in [-0.2, -0.15) is 0 Å². The van der Waals surface area contributed by atoms with Gasteiger partial charge >= 0.3 is 0 Å². The number of aryl methyl sites for hydroxylation is 1. The van der Waals surface area contributed by atoms with Crippen LogP contribution in [0.2, 0.25) is 0 Å². The summed E-state index contributed by atoms with van der Waals surface area (Å²) in [6.45, 7) is 2.76. The van der Waals surface area contributed by atoms with Crippen molar-refractivity contribution in [2.45, 2.75) is 25.8 Å². The number of oxime groups is 1. The molecule has 0 radical (unpaired) electrons. The Labute approximate surface area is 200 Å². The standard InChI is InChI=1S/C28H29N3O3/c1-20-17-23(13-14-25(20)22-11-7-4-8-12-22)28(33)31-19-24(30-34-2)18-26(31)27(32)29-16-15-21-9-5-3-6-10-21/h3-14,17,26H,15-16,18-19H2,1-2H3,(H,29,32)/t26-/m0/s1. The number of hydrogen-bond donors (Lipinski definition) is 1. The molecule has 0 bridgehead atoms. The molecule has 1 fully saturated rings. The molecule has 174 valence electrons. The number of benzene rings is 3. The third-order valence-corrected chi connectivity index (χ3v) is 6.06. The van der Waals surface area contributed by atoms with Crippen molar-refractivity contribution in [2.75, 3.05) is 20.2 Å². The average molecular weight is 456 g/mol. The lowest BCUT2D eigenvalue weighted by atomic mass is 9.98. The maximum Gasteiger partial charge on any atom is 0.254 e. The van der Waals surface area contributed by atoms with Gasteiger partial charge in [-0.3, -0.25) is 9.59 Å². The molecule has 2 amide bonds. The van der Waals surface area contributed by atoms with Crippen LogP contribution in [0.1, 0.15) is 27.9 Å². The van der Waals surface area contributed by atoms with Gasteiger partial charge in [-0.1, -0.05) is 71.9 Å². The summed E-state index contributed by atoms with van der Waals surface area (Å²) in [6.07, 6.45) is 1.09. The van der Waals surface area contributed by atoms with Gasteiger partial charge in [0.2, 0.25) is 5.91 Å². The fourth-order valence-corrected chi connectivity index (χ4v) is 4.34. The predicted molar refractivity (Wildman–Crippen MR) is 134 cm³/mol. The first-order valence-electron chi connectivity index (χ1n) is 11.4. The molecule has 0 aliphatic carbocycles. The zero-order valence-electron chi connectivity index (χ0n) is 19.5. The lowest BCUT2D eigenvalue weighted by Gasteiger charge is -2.24. The number of rotatable bonds is 7. The zero-order valence-corrected chi connectivity index (χ0v) is 19.5. The first kappa shape index (κ1) is 23.2. The van der Waals surface area contributed by atoms with E-state index >= 15 is 0 Å². The van der Waals surface area contributed by atoms with E-state index in [9.17, 15) is 9.59 Å². The molecular weight excluding hydrogens is 426 g/mol. The normalized spacial score (nSPS) is 16.5. The van der Waals surface area contributed by atoms with Gasteiger partial charge in [0.1, 0.15) is 13.2 Å². The molecule has 0 unspecified atom stereocenters. The highest BCUT2D eigenvalue weighted by atomic mass is 16.6. The zero-order chi connectivity index (χ0) is 23.9. The maximum atomic E-state index is 13.5. The van der Waals surface area contributed by atoms with Gasteiger partial charge in [0.15, 0.2) is 0 Å². The van der Waals surface area contributed by atoms with Crippen molar-refractivity contribution in [1.29, 1.82) is 0 Å². The quantitative estimate of drug-likeness (QED) is 0.542. The molecule has 3 aromatic rings. The van der Waals surface area contributed by atoms with Gasteiger partial charge in [-0.15, -0.1) is 0 Å². The minimum atomic E-state index is -0.619. The van der Waals surface area contributed by atoms with E-state index in [-0.39, 0.29) is 18.4 Å². The summed E-state index contributed by atoms with van der Waals surface area (Å²) in [4.78, 5) is 33.0. The van der Waals surface area contributed by atoms with Gasteiger partial charge in [0.25, 0.3) is 5.91 Å². The minimum absolute atomic E-state index is 0.178. The van der Waals surface area contributed by atoms with E-state index in [1.165, 1.54) is 7.11 Å². The predicted octanol–water partition coefficient (Wildman–Crippen LogP) is 4.24. The van der Waals surface area contributed by atoms with Crippen molar-refractivity contribution < 1.29 is 14.4 Å². The number of likely N-dealkylation sites (tertiary alicyclic amines) is 1. The van der Waals surface area contributed by atoms with Crippen LogP contribution in [0.25, 0.3) is 11.1 Å². The summed E-state index contributed by atoms with van der Waals surface area (Å²) in [7, 11) is 1.47. The molecule has 1 atom stereocenters. The second-order valence-electron chi connectivity index (χ2n) is 8.42. The van der Waals surface area contributed by atoms with Crippen LogP contribution in [0.15, 0.2) is 84.0 Å². The highest BCUT2D eigenvalue weighted by Gasteiger charge is 2.38. The minimum Gasteiger partial charge on any atom is -0.399 e. The molecule has 0 saturated carbocycles. The molecule has 34 heavy (non-hydrogen) atoms. The average Bonchev–Trinajstić information content (AvgIpc) is 3.29. The fraction of sp³-hybridized carbons (Fsp3) is 0.250. The third-order valence-electron chi connectivity index (χ3n) is 6.06. The molecule has 4 rings (SSSR count). The maximum absolute atomic E-state index is 13.5. The summed E-state index contributed by atoms with van der Waals surface area (Å²) in [5.74, 6) is -0.365. The van der Waals surface area contributed by atoms with Crippen LogP contribution in [-0.4, -0.2) is 48.7 Å². The molecule has 0 aromatic heterocycles. The largest absolute Gasteiger partial charge is 0.399 e. The molecular formula is C28H29N3O3. The molecule has 3 aromatic carbocycles. The van der Waals surface area contributed by atoms with Crippen molar-refractivity contribution in [1.82, 2.24) is 10.2 Å². The Morgan fingerprint density at radius 3 is 2.41 bits per heavy atom. The number of carbonyl (C=O) groups excluding carboxylic acids is 2. The topological polar surface area (TPSA) is 71.0 Å². The van der Waals surface area contributed by atoms with E-state index < -0.39 is 6.04 Å². The summed E-state index contributed by atoms with van der Waals surface area (Å²) >= 11 is 0. The van der Waals surface area contributed by atoms with Crippen molar-refractivity contribution in [3.63, 3.8) is 0 Å². The van der Waals surface area contributed by atoms with Crippen LogP contribution in [-0.2, 0) is 16.1 Å². The molecule has 1 aliphatic rings. The number of hydrogen-bond acceptors (Lipinski definition) is 4. The smallest absolute Gasteiger partial charge is 0.254 e. The first-order chi connectivity index (χ1) is 16.6. The Bertz CT molecular complexity index is 1180. The number of nitrogens with zero attached hydrogens (tertiary/aromatic N) is 2. The summed E-state index contributed by atoms with van der Waals surface area (Å²) < 4.78 is 0. The van der Waals surface area contributed by atoms with Crippen LogP contribution in [0, 0.1) is 6.92 Å². The van der Waals surface area contributed by atoms with Crippen molar-refractivity contribution in [3.05, 3.63) is 95.6 Å².